The first kappa shape index (κ1) is 16.9. The lowest BCUT2D eigenvalue weighted by Gasteiger charge is -2.16. The quantitative estimate of drug-likeness (QED) is 0.907. The van der Waals surface area contributed by atoms with Gasteiger partial charge < -0.3 is 10.0 Å². The molecule has 1 fully saturated rings. The average molecular weight is 345 g/mol. The van der Waals surface area contributed by atoms with Gasteiger partial charge in [0, 0.05) is 42.3 Å². The number of benzene rings is 1. The van der Waals surface area contributed by atoms with Gasteiger partial charge in [-0.1, -0.05) is 29.8 Å². The first-order chi connectivity index (χ1) is 11.6. The van der Waals surface area contributed by atoms with Crippen LogP contribution in [0.25, 0.3) is 0 Å². The summed E-state index contributed by atoms with van der Waals surface area (Å²) in [7, 11) is 0. The molecule has 126 valence electrons. The predicted molar refractivity (Wildman–Crippen MR) is 93.8 cm³/mol. The zero-order valence-corrected chi connectivity index (χ0v) is 14.2. The van der Waals surface area contributed by atoms with E-state index in [1.54, 1.807) is 11.1 Å². The van der Waals surface area contributed by atoms with E-state index in [0.717, 1.165) is 11.3 Å². The van der Waals surface area contributed by atoms with Crippen LogP contribution in [0.5, 0.6) is 0 Å². The topological polar surface area (TPSA) is 53.4 Å². The average Bonchev–Trinajstić information content (AvgIpc) is 2.95. The Kier molecular flexibility index (Phi) is 5.48. The van der Waals surface area contributed by atoms with Gasteiger partial charge in [-0.15, -0.1) is 0 Å². The van der Waals surface area contributed by atoms with E-state index in [9.17, 15) is 9.90 Å². The molecule has 1 aliphatic heterocycles. The van der Waals surface area contributed by atoms with E-state index < -0.39 is 6.10 Å². The lowest BCUT2D eigenvalue weighted by molar-refractivity contribution is -0.130. The summed E-state index contributed by atoms with van der Waals surface area (Å²) in [4.78, 5) is 18.5. The third-order valence-corrected chi connectivity index (χ3v) is 4.71. The molecule has 0 unspecified atom stereocenters. The van der Waals surface area contributed by atoms with Crippen LogP contribution in [0.1, 0.15) is 17.7 Å². The minimum atomic E-state index is -0.484. The number of hydrogen-bond acceptors (Lipinski definition) is 3. The number of aryl methyl sites for hydroxylation is 1. The summed E-state index contributed by atoms with van der Waals surface area (Å²) < 4.78 is 0. The number of β-amino-alcohol motifs (C(OH)–C–C–N with tert-alkyl or cyclic N) is 1. The van der Waals surface area contributed by atoms with Crippen LogP contribution in [0.15, 0.2) is 48.7 Å². The van der Waals surface area contributed by atoms with E-state index in [4.69, 9.17) is 11.6 Å². The first-order valence-electron chi connectivity index (χ1n) is 8.22. The third kappa shape index (κ3) is 4.34. The van der Waals surface area contributed by atoms with Crippen molar-refractivity contribution in [2.45, 2.75) is 25.4 Å². The Morgan fingerprint density at radius 2 is 2.12 bits per heavy atom. The van der Waals surface area contributed by atoms with E-state index in [1.165, 1.54) is 0 Å². The highest BCUT2D eigenvalue weighted by atomic mass is 35.5. The summed E-state index contributed by atoms with van der Waals surface area (Å²) in [6.45, 7) is 0.998. The molecule has 0 aliphatic carbocycles. The van der Waals surface area contributed by atoms with Crippen LogP contribution in [0, 0.1) is 5.92 Å². The van der Waals surface area contributed by atoms with Crippen molar-refractivity contribution in [3.05, 3.63) is 64.9 Å². The number of nitrogens with zero attached hydrogens (tertiary/aromatic N) is 2. The van der Waals surface area contributed by atoms with Gasteiger partial charge in [0.25, 0.3) is 0 Å². The molecular formula is C19H21ClN2O2. The number of halogens is 1. The number of likely N-dealkylation sites (tertiary alicyclic amines) is 1. The van der Waals surface area contributed by atoms with Gasteiger partial charge >= 0.3 is 0 Å². The molecule has 1 aliphatic rings. The van der Waals surface area contributed by atoms with E-state index in [0.29, 0.717) is 37.4 Å². The predicted octanol–water partition coefficient (Wildman–Crippen LogP) is 2.73. The van der Waals surface area contributed by atoms with Gasteiger partial charge in [0.15, 0.2) is 0 Å². The number of aromatic nitrogens is 1. The Bertz CT molecular complexity index is 693. The second-order valence-corrected chi connectivity index (χ2v) is 6.72. The van der Waals surface area contributed by atoms with Gasteiger partial charge in [0.1, 0.15) is 0 Å². The summed E-state index contributed by atoms with van der Waals surface area (Å²) in [6, 6.07) is 13.4. The number of pyridine rings is 1. The maximum atomic E-state index is 12.4. The Morgan fingerprint density at radius 3 is 2.88 bits per heavy atom. The van der Waals surface area contributed by atoms with Crippen molar-refractivity contribution in [1.82, 2.24) is 9.88 Å². The zero-order valence-electron chi connectivity index (χ0n) is 13.4. The van der Waals surface area contributed by atoms with Crippen molar-refractivity contribution in [1.29, 1.82) is 0 Å². The van der Waals surface area contributed by atoms with Gasteiger partial charge in [-0.2, -0.15) is 0 Å². The van der Waals surface area contributed by atoms with Crippen LogP contribution < -0.4 is 0 Å². The number of aliphatic hydroxyl groups excluding tert-OH is 1. The van der Waals surface area contributed by atoms with Crippen LogP contribution in [0.2, 0.25) is 5.02 Å². The number of aliphatic hydroxyl groups is 1. The molecular weight excluding hydrogens is 324 g/mol. The van der Waals surface area contributed by atoms with Crippen LogP contribution in [-0.2, 0) is 17.6 Å². The Labute approximate surface area is 147 Å². The molecule has 1 amide bonds. The maximum Gasteiger partial charge on any atom is 0.223 e. The third-order valence-electron chi connectivity index (χ3n) is 4.47. The maximum absolute atomic E-state index is 12.4. The summed E-state index contributed by atoms with van der Waals surface area (Å²) in [5.74, 6) is 0.132. The molecule has 1 saturated heterocycles. The molecule has 0 radical (unpaired) electrons. The van der Waals surface area contributed by atoms with Crippen molar-refractivity contribution < 1.29 is 9.90 Å². The Balaban J connectivity index is 1.53. The minimum absolute atomic E-state index is 0.0509. The lowest BCUT2D eigenvalue weighted by Crippen LogP contribution is -2.29. The fraction of sp³-hybridized carbons (Fsp3) is 0.368. The molecule has 1 N–H and O–H groups in total. The smallest absolute Gasteiger partial charge is 0.223 e. The molecule has 1 aromatic carbocycles. The molecule has 0 saturated carbocycles. The van der Waals surface area contributed by atoms with Gasteiger partial charge in [0.05, 0.1) is 6.10 Å². The molecule has 3 rings (SSSR count). The molecule has 2 atom stereocenters. The molecule has 5 heteroatoms. The van der Waals surface area contributed by atoms with Crippen molar-refractivity contribution in [3.63, 3.8) is 0 Å². The van der Waals surface area contributed by atoms with Crippen LogP contribution in [0.3, 0.4) is 0 Å². The largest absolute Gasteiger partial charge is 0.391 e. The van der Waals surface area contributed by atoms with Crippen LogP contribution >= 0.6 is 11.6 Å². The van der Waals surface area contributed by atoms with Gasteiger partial charge in [-0.3, -0.25) is 9.78 Å². The lowest BCUT2D eigenvalue weighted by atomic mass is 10.00. The summed E-state index contributed by atoms with van der Waals surface area (Å²) in [5.41, 5.74) is 2.01. The minimum Gasteiger partial charge on any atom is -0.391 e. The van der Waals surface area contributed by atoms with E-state index >= 15 is 0 Å². The standard InChI is InChI=1S/C19H21ClN2O2/c20-16-5-3-4-14(10-16)7-8-19(24)22-12-15(18(23)13-22)11-17-6-1-2-9-21-17/h1-6,9-10,15,18,23H,7-8,11-13H2/t15-,18-/m1/s1. The molecule has 4 nitrogen and oxygen atoms in total. The molecule has 0 bridgehead atoms. The second kappa shape index (κ2) is 7.77. The van der Waals surface area contributed by atoms with Crippen molar-refractivity contribution in [3.8, 4) is 0 Å². The number of hydrogen-bond donors (Lipinski definition) is 1. The van der Waals surface area contributed by atoms with Gasteiger partial charge in [-0.25, -0.2) is 0 Å². The SMILES string of the molecule is O=C(CCc1cccc(Cl)c1)N1C[C@@H](Cc2ccccn2)[C@H](O)C1. The second-order valence-electron chi connectivity index (χ2n) is 6.28. The van der Waals surface area contributed by atoms with Crippen LogP contribution in [-0.4, -0.2) is 40.1 Å². The van der Waals surface area contributed by atoms with E-state index in [2.05, 4.69) is 4.98 Å². The molecule has 1 aromatic heterocycles. The normalized spacial score (nSPS) is 20.3. The van der Waals surface area contributed by atoms with E-state index in [1.807, 2.05) is 42.5 Å². The van der Waals surface area contributed by atoms with Crippen molar-refractivity contribution in [2.24, 2.45) is 5.92 Å². The summed E-state index contributed by atoms with van der Waals surface area (Å²) in [5, 5.41) is 10.9. The number of carbonyl (C=O) groups is 1. The highest BCUT2D eigenvalue weighted by Crippen LogP contribution is 2.22. The molecule has 2 heterocycles. The monoisotopic (exact) mass is 344 g/mol. The Hall–Kier alpha value is -1.91. The molecule has 2 aromatic rings. The number of carbonyl (C=O) groups excluding carboxylic acids is 1. The summed E-state index contributed by atoms with van der Waals surface area (Å²) in [6.07, 6.45) is 3.06. The zero-order chi connectivity index (χ0) is 16.9. The highest BCUT2D eigenvalue weighted by Gasteiger charge is 2.33. The molecule has 24 heavy (non-hydrogen) atoms. The van der Waals surface area contributed by atoms with Gasteiger partial charge in [0.2, 0.25) is 5.91 Å². The van der Waals surface area contributed by atoms with Crippen molar-refractivity contribution in [2.75, 3.05) is 13.1 Å². The fourth-order valence-electron chi connectivity index (χ4n) is 3.15. The van der Waals surface area contributed by atoms with Crippen LogP contribution in [0.4, 0.5) is 0 Å². The first-order valence-corrected chi connectivity index (χ1v) is 8.60. The highest BCUT2D eigenvalue weighted by molar-refractivity contribution is 6.30. The van der Waals surface area contributed by atoms with E-state index in [-0.39, 0.29) is 11.8 Å². The van der Waals surface area contributed by atoms with Gasteiger partial charge in [-0.05, 0) is 42.7 Å². The number of rotatable bonds is 5. The number of amides is 1. The van der Waals surface area contributed by atoms with Crippen molar-refractivity contribution >= 4 is 17.5 Å². The Morgan fingerprint density at radius 1 is 1.25 bits per heavy atom. The summed E-state index contributed by atoms with van der Waals surface area (Å²) >= 11 is 5.97. The molecule has 0 spiro atoms. The fourth-order valence-corrected chi connectivity index (χ4v) is 3.36.